The third-order valence-electron chi connectivity index (χ3n) is 5.73. The molecule has 0 spiro atoms. The summed E-state index contributed by atoms with van der Waals surface area (Å²) in [7, 11) is -3.78. The number of anilines is 1. The highest BCUT2D eigenvalue weighted by Crippen LogP contribution is 2.29. The van der Waals surface area contributed by atoms with E-state index >= 15 is 0 Å². The average molecular weight is 447 g/mol. The van der Waals surface area contributed by atoms with Crippen LogP contribution in [0.5, 0.6) is 0 Å². The van der Waals surface area contributed by atoms with Crippen molar-refractivity contribution in [1.29, 1.82) is 0 Å². The Morgan fingerprint density at radius 2 is 1.75 bits per heavy atom. The van der Waals surface area contributed by atoms with Gasteiger partial charge in [-0.2, -0.15) is 0 Å². The van der Waals surface area contributed by atoms with Gasteiger partial charge in [0.2, 0.25) is 16.0 Å². The Morgan fingerprint density at radius 1 is 1.00 bits per heavy atom. The molecule has 0 aliphatic carbocycles. The van der Waals surface area contributed by atoms with Gasteiger partial charge in [-0.3, -0.25) is 9.69 Å². The van der Waals surface area contributed by atoms with Crippen LogP contribution in [-0.2, 0) is 23.1 Å². The first kappa shape index (κ1) is 20.4. The molecule has 1 amide bonds. The van der Waals surface area contributed by atoms with Crippen LogP contribution in [0.25, 0.3) is 11.0 Å². The van der Waals surface area contributed by atoms with Crippen LogP contribution in [0.2, 0.25) is 0 Å². The lowest BCUT2D eigenvalue weighted by atomic mass is 10.1. The number of nitrogens with zero attached hydrogens (tertiary/aromatic N) is 3. The second kappa shape index (κ2) is 7.89. The van der Waals surface area contributed by atoms with Crippen molar-refractivity contribution in [2.24, 2.45) is 0 Å². The zero-order valence-corrected chi connectivity index (χ0v) is 18.3. The molecule has 32 heavy (non-hydrogen) atoms. The number of nitrogens with one attached hydrogen (secondary N) is 1. The van der Waals surface area contributed by atoms with E-state index in [2.05, 4.69) is 9.71 Å². The molecule has 0 saturated heterocycles. The molecule has 162 valence electrons. The summed E-state index contributed by atoms with van der Waals surface area (Å²) in [5.41, 5.74) is 3.74. The lowest BCUT2D eigenvalue weighted by Crippen LogP contribution is -2.30. The number of aryl methyl sites for hydroxylation is 1. The number of imidazole rings is 1. The third kappa shape index (κ3) is 3.57. The first-order chi connectivity index (χ1) is 15.4. The van der Waals surface area contributed by atoms with Crippen LogP contribution in [0.15, 0.2) is 77.7 Å². The van der Waals surface area contributed by atoms with Crippen molar-refractivity contribution in [2.45, 2.75) is 24.9 Å². The van der Waals surface area contributed by atoms with Crippen molar-refractivity contribution in [3.8, 4) is 0 Å². The number of fused-ring (bicyclic) bond motifs is 3. The maximum Gasteiger partial charge on any atom is 0.260 e. The van der Waals surface area contributed by atoms with E-state index in [4.69, 9.17) is 0 Å². The number of sulfonamides is 1. The van der Waals surface area contributed by atoms with Crippen LogP contribution in [0.1, 0.15) is 21.5 Å². The number of para-hydroxylation sites is 2. The Hall–Kier alpha value is -3.49. The Morgan fingerprint density at radius 3 is 2.56 bits per heavy atom. The molecule has 0 radical (unpaired) electrons. The topological polar surface area (TPSA) is 84.3 Å². The first-order valence-corrected chi connectivity index (χ1v) is 11.8. The standard InChI is InChI=1S/C24H22N4O3S/c1-17-11-12-19(32(30,31)25-16-18-7-3-2-4-8-18)15-20(17)23(29)28-14-13-27-22-10-6-5-9-21(22)26-24(27)28/h2-12,15,25H,13-14,16H2,1H3. The Labute approximate surface area is 186 Å². The maximum absolute atomic E-state index is 13.4. The molecule has 0 saturated carbocycles. The highest BCUT2D eigenvalue weighted by Gasteiger charge is 2.30. The molecule has 1 aromatic heterocycles. The van der Waals surface area contributed by atoms with E-state index in [1.165, 1.54) is 12.1 Å². The summed E-state index contributed by atoms with van der Waals surface area (Å²) in [5.74, 6) is 0.336. The van der Waals surface area contributed by atoms with E-state index in [9.17, 15) is 13.2 Å². The molecular weight excluding hydrogens is 424 g/mol. The molecule has 2 heterocycles. The quantitative estimate of drug-likeness (QED) is 0.509. The highest BCUT2D eigenvalue weighted by molar-refractivity contribution is 7.89. The van der Waals surface area contributed by atoms with Gasteiger partial charge in [0.15, 0.2) is 0 Å². The number of amides is 1. The van der Waals surface area contributed by atoms with E-state index in [1.807, 2.05) is 59.2 Å². The summed E-state index contributed by atoms with van der Waals surface area (Å²) in [4.78, 5) is 19.7. The molecule has 0 bridgehead atoms. The van der Waals surface area contributed by atoms with Gasteiger partial charge in [-0.25, -0.2) is 18.1 Å². The number of hydrogen-bond acceptors (Lipinski definition) is 4. The molecule has 0 fully saturated rings. The fraction of sp³-hybridized carbons (Fsp3) is 0.167. The number of carbonyl (C=O) groups is 1. The summed E-state index contributed by atoms with van der Waals surface area (Å²) >= 11 is 0. The number of rotatable bonds is 5. The zero-order valence-electron chi connectivity index (χ0n) is 17.5. The fourth-order valence-electron chi connectivity index (χ4n) is 3.98. The lowest BCUT2D eigenvalue weighted by molar-refractivity contribution is 0.0988. The molecule has 1 aliphatic heterocycles. The Balaban J connectivity index is 1.44. The van der Waals surface area contributed by atoms with Gasteiger partial charge in [0, 0.05) is 25.2 Å². The van der Waals surface area contributed by atoms with Crippen molar-refractivity contribution in [2.75, 3.05) is 11.4 Å². The van der Waals surface area contributed by atoms with Crippen molar-refractivity contribution in [3.05, 3.63) is 89.5 Å². The number of aromatic nitrogens is 2. The van der Waals surface area contributed by atoms with Crippen LogP contribution >= 0.6 is 0 Å². The second-order valence-electron chi connectivity index (χ2n) is 7.80. The maximum atomic E-state index is 13.4. The van der Waals surface area contributed by atoms with Crippen LogP contribution in [0.3, 0.4) is 0 Å². The zero-order chi connectivity index (χ0) is 22.3. The molecule has 0 unspecified atom stereocenters. The van der Waals surface area contributed by atoms with Crippen molar-refractivity contribution >= 4 is 32.9 Å². The molecule has 5 rings (SSSR count). The van der Waals surface area contributed by atoms with Gasteiger partial charge in [-0.15, -0.1) is 0 Å². The van der Waals surface area contributed by atoms with Crippen LogP contribution in [-0.4, -0.2) is 30.4 Å². The van der Waals surface area contributed by atoms with E-state index in [0.717, 1.165) is 16.6 Å². The van der Waals surface area contributed by atoms with Gasteiger partial charge in [0.25, 0.3) is 5.91 Å². The van der Waals surface area contributed by atoms with Crippen LogP contribution in [0, 0.1) is 6.92 Å². The molecule has 7 nitrogen and oxygen atoms in total. The van der Waals surface area contributed by atoms with Crippen LogP contribution in [0.4, 0.5) is 5.95 Å². The van der Waals surface area contributed by atoms with Gasteiger partial charge in [-0.1, -0.05) is 48.5 Å². The average Bonchev–Trinajstić information content (AvgIpc) is 3.37. The molecule has 1 N–H and O–H groups in total. The van der Waals surface area contributed by atoms with E-state index < -0.39 is 10.0 Å². The van der Waals surface area contributed by atoms with Gasteiger partial charge < -0.3 is 4.57 Å². The molecule has 3 aromatic carbocycles. The predicted octanol–water partition coefficient (Wildman–Crippen LogP) is 3.48. The van der Waals surface area contributed by atoms with Gasteiger partial charge in [0.05, 0.1) is 15.9 Å². The largest absolute Gasteiger partial charge is 0.308 e. The Kier molecular flexibility index (Phi) is 5.03. The number of benzene rings is 3. The van der Waals surface area contributed by atoms with E-state index in [-0.39, 0.29) is 17.3 Å². The van der Waals surface area contributed by atoms with Gasteiger partial charge in [0.1, 0.15) is 0 Å². The Bertz CT molecular complexity index is 1430. The number of hydrogen-bond donors (Lipinski definition) is 1. The van der Waals surface area contributed by atoms with E-state index in [0.29, 0.717) is 30.2 Å². The second-order valence-corrected chi connectivity index (χ2v) is 9.56. The normalized spacial score (nSPS) is 13.5. The smallest absolute Gasteiger partial charge is 0.260 e. The number of carbonyl (C=O) groups excluding carboxylic acids is 1. The van der Waals surface area contributed by atoms with Crippen molar-refractivity contribution < 1.29 is 13.2 Å². The minimum atomic E-state index is -3.78. The first-order valence-electron chi connectivity index (χ1n) is 10.4. The minimum Gasteiger partial charge on any atom is -0.308 e. The highest BCUT2D eigenvalue weighted by atomic mass is 32.2. The predicted molar refractivity (Wildman–Crippen MR) is 123 cm³/mol. The molecular formula is C24H22N4O3S. The molecule has 4 aromatic rings. The van der Waals surface area contributed by atoms with Gasteiger partial charge in [-0.05, 0) is 42.3 Å². The molecule has 8 heteroatoms. The lowest BCUT2D eigenvalue weighted by Gasteiger charge is -2.16. The minimum absolute atomic E-state index is 0.0649. The van der Waals surface area contributed by atoms with Crippen LogP contribution < -0.4 is 9.62 Å². The summed E-state index contributed by atoms with van der Waals surface area (Å²) in [6.07, 6.45) is 0. The summed E-state index contributed by atoms with van der Waals surface area (Å²) in [6, 6.07) is 21.7. The summed E-state index contributed by atoms with van der Waals surface area (Å²) < 4.78 is 30.4. The van der Waals surface area contributed by atoms with Gasteiger partial charge >= 0.3 is 0 Å². The fourth-order valence-corrected chi connectivity index (χ4v) is 5.03. The molecule has 1 aliphatic rings. The third-order valence-corrected chi connectivity index (χ3v) is 7.13. The monoisotopic (exact) mass is 446 g/mol. The van der Waals surface area contributed by atoms with E-state index in [1.54, 1.807) is 17.9 Å². The van der Waals surface area contributed by atoms with Crippen molar-refractivity contribution in [3.63, 3.8) is 0 Å². The summed E-state index contributed by atoms with van der Waals surface area (Å²) in [6.45, 7) is 3.13. The summed E-state index contributed by atoms with van der Waals surface area (Å²) in [5, 5.41) is 0. The molecule has 0 atom stereocenters. The van der Waals surface area contributed by atoms with Crippen molar-refractivity contribution in [1.82, 2.24) is 14.3 Å². The SMILES string of the molecule is Cc1ccc(S(=O)(=O)NCc2ccccc2)cc1C(=O)N1CCn2c1nc1ccccc12.